The van der Waals surface area contributed by atoms with Gasteiger partial charge in [0.1, 0.15) is 11.5 Å². The maximum atomic E-state index is 11.6. The van der Waals surface area contributed by atoms with Crippen molar-refractivity contribution in [2.24, 2.45) is 0 Å². The number of hydrogen-bond acceptors (Lipinski definition) is 5. The molecule has 2 aromatic rings. The fourth-order valence-corrected chi connectivity index (χ4v) is 2.32. The summed E-state index contributed by atoms with van der Waals surface area (Å²) in [7, 11) is 3.17. The fourth-order valence-electron chi connectivity index (χ4n) is 2.09. The van der Waals surface area contributed by atoms with Gasteiger partial charge in [0.15, 0.2) is 5.11 Å². The Labute approximate surface area is 152 Å². The zero-order chi connectivity index (χ0) is 18.2. The van der Waals surface area contributed by atoms with Crippen LogP contribution in [0.4, 0.5) is 11.4 Å². The molecule has 0 saturated heterocycles. The number of nitrogens with one attached hydrogen (secondary N) is 2. The normalized spacial score (nSPS) is 9.88. The molecule has 2 N–H and O–H groups in total. The van der Waals surface area contributed by atoms with Crippen LogP contribution in [0.5, 0.6) is 11.5 Å². The van der Waals surface area contributed by atoms with E-state index >= 15 is 0 Å². The molecule has 0 heterocycles. The van der Waals surface area contributed by atoms with E-state index < -0.39 is 0 Å². The number of benzene rings is 2. The molecule has 0 aliphatic carbocycles. The van der Waals surface area contributed by atoms with Crippen molar-refractivity contribution in [2.45, 2.75) is 6.92 Å². The number of methoxy groups -OCH3 is 2. The van der Waals surface area contributed by atoms with Crippen molar-refractivity contribution in [1.82, 2.24) is 0 Å². The largest absolute Gasteiger partial charge is 0.497 e. The Morgan fingerprint density at radius 1 is 1.04 bits per heavy atom. The van der Waals surface area contributed by atoms with Crippen molar-refractivity contribution in [1.29, 1.82) is 0 Å². The van der Waals surface area contributed by atoms with Crippen LogP contribution in [0.1, 0.15) is 17.3 Å². The van der Waals surface area contributed by atoms with Gasteiger partial charge in [-0.3, -0.25) is 0 Å². The van der Waals surface area contributed by atoms with Gasteiger partial charge in [-0.1, -0.05) is 0 Å². The Bertz CT molecular complexity index is 747. The van der Waals surface area contributed by atoms with E-state index in [1.807, 2.05) is 12.1 Å². The Morgan fingerprint density at radius 3 is 2.36 bits per heavy atom. The molecular weight excluding hydrogens is 340 g/mol. The minimum Gasteiger partial charge on any atom is -0.497 e. The summed E-state index contributed by atoms with van der Waals surface area (Å²) in [5, 5.41) is 6.51. The summed E-state index contributed by atoms with van der Waals surface area (Å²) in [6.07, 6.45) is 0. The maximum Gasteiger partial charge on any atom is 0.338 e. The van der Waals surface area contributed by atoms with Crippen LogP contribution in [0.3, 0.4) is 0 Å². The van der Waals surface area contributed by atoms with Crippen molar-refractivity contribution >= 4 is 34.7 Å². The number of ether oxygens (including phenoxy) is 3. The molecule has 0 fully saturated rings. The van der Waals surface area contributed by atoms with Crippen molar-refractivity contribution in [3.05, 3.63) is 48.0 Å². The lowest BCUT2D eigenvalue weighted by Gasteiger charge is -2.14. The number of hydrogen-bond donors (Lipinski definition) is 2. The number of thiocarbonyl (C=S) groups is 1. The molecule has 7 heteroatoms. The zero-order valence-electron chi connectivity index (χ0n) is 14.3. The number of carbonyl (C=O) groups is 1. The van der Waals surface area contributed by atoms with Crippen molar-refractivity contribution < 1.29 is 19.0 Å². The van der Waals surface area contributed by atoms with Gasteiger partial charge < -0.3 is 24.8 Å². The third kappa shape index (κ3) is 5.09. The summed E-state index contributed by atoms with van der Waals surface area (Å²) in [6.45, 7) is 2.11. The van der Waals surface area contributed by atoms with Gasteiger partial charge >= 0.3 is 5.97 Å². The van der Waals surface area contributed by atoms with Crippen LogP contribution < -0.4 is 20.1 Å². The molecule has 0 saturated carbocycles. The first-order valence-corrected chi connectivity index (χ1v) is 8.05. The summed E-state index contributed by atoms with van der Waals surface area (Å²) >= 11 is 5.31. The summed E-state index contributed by atoms with van der Waals surface area (Å²) in [4.78, 5) is 11.6. The van der Waals surface area contributed by atoms with E-state index in [2.05, 4.69) is 10.6 Å². The van der Waals surface area contributed by atoms with Crippen LogP contribution in [-0.2, 0) is 4.74 Å². The highest BCUT2D eigenvalue weighted by Crippen LogP contribution is 2.29. The van der Waals surface area contributed by atoms with Crippen LogP contribution in [0.15, 0.2) is 42.5 Å². The van der Waals surface area contributed by atoms with Crippen LogP contribution in [-0.4, -0.2) is 31.9 Å². The van der Waals surface area contributed by atoms with Gasteiger partial charge in [0.2, 0.25) is 0 Å². The smallest absolute Gasteiger partial charge is 0.338 e. The van der Waals surface area contributed by atoms with Crippen LogP contribution in [0.25, 0.3) is 0 Å². The quantitative estimate of drug-likeness (QED) is 0.601. The Balaban J connectivity index is 2.02. The van der Waals surface area contributed by atoms with E-state index in [9.17, 15) is 4.79 Å². The number of esters is 1. The summed E-state index contributed by atoms with van der Waals surface area (Å²) in [5.74, 6) is 0.953. The highest BCUT2D eigenvalue weighted by Gasteiger charge is 2.08. The first-order chi connectivity index (χ1) is 12.1. The molecule has 132 valence electrons. The second-order valence-corrected chi connectivity index (χ2v) is 5.35. The van der Waals surface area contributed by atoms with E-state index in [0.717, 1.165) is 5.69 Å². The standard InChI is InChI=1S/C18H20N2O4S/c1-4-24-17(21)12-5-7-13(8-6-12)19-18(25)20-15-10-9-14(22-2)11-16(15)23-3/h5-11H,4H2,1-3H3,(H2,19,20,25). The van der Waals surface area contributed by atoms with Crippen LogP contribution >= 0.6 is 12.2 Å². The molecule has 0 bridgehead atoms. The number of rotatable bonds is 6. The third-order valence-electron chi connectivity index (χ3n) is 3.31. The molecular formula is C18H20N2O4S. The predicted octanol–water partition coefficient (Wildman–Crippen LogP) is 3.69. The molecule has 2 aromatic carbocycles. The monoisotopic (exact) mass is 360 g/mol. The Kier molecular flexibility index (Phi) is 6.59. The Morgan fingerprint density at radius 2 is 1.76 bits per heavy atom. The molecule has 0 aliphatic heterocycles. The molecule has 0 unspecified atom stereocenters. The lowest BCUT2D eigenvalue weighted by molar-refractivity contribution is 0.0526. The van der Waals surface area contributed by atoms with Crippen LogP contribution in [0, 0.1) is 0 Å². The number of anilines is 2. The van der Waals surface area contributed by atoms with E-state index in [-0.39, 0.29) is 5.97 Å². The van der Waals surface area contributed by atoms with Gasteiger partial charge in [0.25, 0.3) is 0 Å². The minimum atomic E-state index is -0.349. The Hall–Kier alpha value is -2.80. The summed E-state index contributed by atoms with van der Waals surface area (Å²) in [6, 6.07) is 12.3. The molecule has 0 amide bonds. The molecule has 0 radical (unpaired) electrons. The molecule has 6 nitrogen and oxygen atoms in total. The van der Waals surface area contributed by atoms with Crippen molar-refractivity contribution in [2.75, 3.05) is 31.5 Å². The van der Waals surface area contributed by atoms with Gasteiger partial charge in [0.05, 0.1) is 32.1 Å². The lowest BCUT2D eigenvalue weighted by Crippen LogP contribution is -2.19. The SMILES string of the molecule is CCOC(=O)c1ccc(NC(=S)Nc2ccc(OC)cc2OC)cc1. The molecule has 25 heavy (non-hydrogen) atoms. The first-order valence-electron chi connectivity index (χ1n) is 7.64. The van der Waals surface area contributed by atoms with Gasteiger partial charge in [-0.15, -0.1) is 0 Å². The fraction of sp³-hybridized carbons (Fsp3) is 0.222. The third-order valence-corrected chi connectivity index (χ3v) is 3.51. The molecule has 0 aliphatic rings. The summed E-state index contributed by atoms with van der Waals surface area (Å²) in [5.41, 5.74) is 1.95. The van der Waals surface area contributed by atoms with Crippen LogP contribution in [0.2, 0.25) is 0 Å². The van der Waals surface area contributed by atoms with Gasteiger partial charge in [-0.25, -0.2) is 4.79 Å². The average Bonchev–Trinajstić information content (AvgIpc) is 2.62. The van der Waals surface area contributed by atoms with E-state index in [1.165, 1.54) is 0 Å². The van der Waals surface area contributed by atoms with Gasteiger partial charge in [-0.2, -0.15) is 0 Å². The summed E-state index contributed by atoms with van der Waals surface area (Å²) < 4.78 is 15.4. The lowest BCUT2D eigenvalue weighted by atomic mass is 10.2. The molecule has 0 spiro atoms. The second kappa shape index (κ2) is 8.89. The number of carbonyl (C=O) groups excluding carboxylic acids is 1. The predicted molar refractivity (Wildman–Crippen MR) is 102 cm³/mol. The van der Waals surface area contributed by atoms with Gasteiger partial charge in [0, 0.05) is 11.8 Å². The average molecular weight is 360 g/mol. The first kappa shape index (κ1) is 18.5. The topological polar surface area (TPSA) is 68.8 Å². The minimum absolute atomic E-state index is 0.344. The second-order valence-electron chi connectivity index (χ2n) is 4.94. The van der Waals surface area contributed by atoms with E-state index in [1.54, 1.807) is 51.5 Å². The van der Waals surface area contributed by atoms with Gasteiger partial charge in [-0.05, 0) is 55.5 Å². The highest BCUT2D eigenvalue weighted by molar-refractivity contribution is 7.80. The van der Waals surface area contributed by atoms with Crippen molar-refractivity contribution in [3.63, 3.8) is 0 Å². The van der Waals surface area contributed by atoms with E-state index in [0.29, 0.717) is 34.5 Å². The molecule has 2 rings (SSSR count). The maximum absolute atomic E-state index is 11.6. The van der Waals surface area contributed by atoms with Crippen molar-refractivity contribution in [3.8, 4) is 11.5 Å². The van der Waals surface area contributed by atoms with E-state index in [4.69, 9.17) is 26.4 Å². The highest BCUT2D eigenvalue weighted by atomic mass is 32.1. The molecule has 0 aromatic heterocycles. The molecule has 0 atom stereocenters. The zero-order valence-corrected chi connectivity index (χ0v) is 15.1.